The highest BCUT2D eigenvalue weighted by Gasteiger charge is 2.25. The first-order valence-corrected chi connectivity index (χ1v) is 10.3. The molecule has 0 bridgehead atoms. The fraction of sp³-hybridized carbons (Fsp3) is 0.591. The maximum absolute atomic E-state index is 12.8. The number of carbonyl (C=O) groups is 3. The molecular formula is C22H35N3O4. The molecule has 0 aliphatic carbocycles. The minimum Gasteiger partial charge on any atom is -0.380 e. The van der Waals surface area contributed by atoms with Crippen molar-refractivity contribution in [2.45, 2.75) is 39.5 Å². The third-order valence-electron chi connectivity index (χ3n) is 5.03. The molecule has 3 N–H and O–H groups in total. The lowest BCUT2D eigenvalue weighted by Crippen LogP contribution is -2.40. The number of carbonyl (C=O) groups excluding carboxylic acids is 3. The average Bonchev–Trinajstić information content (AvgIpc) is 2.71. The van der Waals surface area contributed by atoms with Gasteiger partial charge in [0.25, 0.3) is 0 Å². The van der Waals surface area contributed by atoms with Gasteiger partial charge in [-0.3, -0.25) is 14.4 Å². The Hall–Kier alpha value is -2.41. The van der Waals surface area contributed by atoms with Crippen LogP contribution in [0.5, 0.6) is 0 Å². The quantitative estimate of drug-likeness (QED) is 0.460. The molecule has 29 heavy (non-hydrogen) atoms. The van der Waals surface area contributed by atoms with Gasteiger partial charge >= 0.3 is 0 Å². The second-order valence-corrected chi connectivity index (χ2v) is 7.19. The summed E-state index contributed by atoms with van der Waals surface area (Å²) in [4.78, 5) is 38.4. The van der Waals surface area contributed by atoms with E-state index in [1.165, 1.54) is 0 Å². The Morgan fingerprint density at radius 2 is 1.83 bits per heavy atom. The van der Waals surface area contributed by atoms with Crippen molar-refractivity contribution in [2.24, 2.45) is 17.6 Å². The predicted octanol–water partition coefficient (Wildman–Crippen LogP) is 1.75. The van der Waals surface area contributed by atoms with Crippen LogP contribution >= 0.6 is 0 Å². The van der Waals surface area contributed by atoms with E-state index >= 15 is 0 Å². The first-order valence-electron chi connectivity index (χ1n) is 10.3. The largest absolute Gasteiger partial charge is 0.380 e. The van der Waals surface area contributed by atoms with Crippen molar-refractivity contribution in [3.05, 3.63) is 35.9 Å². The van der Waals surface area contributed by atoms with Gasteiger partial charge in [0.2, 0.25) is 17.7 Å². The average molecular weight is 406 g/mol. The number of likely N-dealkylation sites (N-methyl/N-ethyl adjacent to an activating group) is 1. The maximum Gasteiger partial charge on any atom is 0.223 e. The van der Waals surface area contributed by atoms with Crippen LogP contribution in [-0.2, 0) is 25.5 Å². The van der Waals surface area contributed by atoms with E-state index in [1.54, 1.807) is 11.9 Å². The van der Waals surface area contributed by atoms with Crippen molar-refractivity contribution in [2.75, 3.05) is 33.4 Å². The van der Waals surface area contributed by atoms with Crippen LogP contribution in [-0.4, -0.2) is 56.0 Å². The van der Waals surface area contributed by atoms with Gasteiger partial charge in [-0.1, -0.05) is 37.3 Å². The number of nitrogens with two attached hydrogens (primary N) is 1. The van der Waals surface area contributed by atoms with Crippen LogP contribution in [0.25, 0.3) is 0 Å². The number of nitrogens with one attached hydrogen (secondary N) is 1. The zero-order chi connectivity index (χ0) is 21.6. The number of ether oxygens (including phenoxy) is 1. The van der Waals surface area contributed by atoms with E-state index in [9.17, 15) is 14.4 Å². The molecule has 0 aliphatic rings. The van der Waals surface area contributed by atoms with Gasteiger partial charge < -0.3 is 20.7 Å². The number of aryl methyl sites for hydroxylation is 1. The van der Waals surface area contributed by atoms with E-state index in [-0.39, 0.29) is 24.8 Å². The van der Waals surface area contributed by atoms with Gasteiger partial charge in [-0.05, 0) is 31.7 Å². The predicted molar refractivity (Wildman–Crippen MR) is 113 cm³/mol. The number of primary amides is 1. The molecule has 2 atom stereocenters. The molecule has 0 saturated heterocycles. The molecule has 3 amide bonds. The van der Waals surface area contributed by atoms with Crippen LogP contribution in [0.15, 0.2) is 30.3 Å². The summed E-state index contributed by atoms with van der Waals surface area (Å²) in [5.41, 5.74) is 6.48. The van der Waals surface area contributed by atoms with Crippen LogP contribution in [0.2, 0.25) is 0 Å². The molecular weight excluding hydrogens is 370 g/mol. The molecule has 1 aromatic rings. The molecule has 0 aliphatic heterocycles. The van der Waals surface area contributed by atoms with Crippen molar-refractivity contribution in [1.82, 2.24) is 10.2 Å². The standard InChI is InChI=1S/C22H35N3O4/c1-4-18(21(23)27)16-24-22(28)19(12-11-17-9-7-6-8-10-17)15-20(26)25(3)13-14-29-5-2/h6-10,18-19H,4-5,11-16H2,1-3H3,(H2,23,27)(H,24,28)/t18-,19-/m1/s1. The topological polar surface area (TPSA) is 102 Å². The molecule has 0 radical (unpaired) electrons. The lowest BCUT2D eigenvalue weighted by molar-refractivity contribution is -0.136. The number of hydrogen-bond donors (Lipinski definition) is 2. The third-order valence-corrected chi connectivity index (χ3v) is 5.03. The highest BCUT2D eigenvalue weighted by atomic mass is 16.5. The first-order chi connectivity index (χ1) is 13.9. The Morgan fingerprint density at radius 1 is 1.14 bits per heavy atom. The Labute approximate surface area is 174 Å². The summed E-state index contributed by atoms with van der Waals surface area (Å²) in [6.07, 6.45) is 1.92. The van der Waals surface area contributed by atoms with Crippen molar-refractivity contribution >= 4 is 17.7 Å². The van der Waals surface area contributed by atoms with Crippen molar-refractivity contribution in [1.29, 1.82) is 0 Å². The zero-order valence-electron chi connectivity index (χ0n) is 17.9. The van der Waals surface area contributed by atoms with Crippen molar-refractivity contribution in [3.8, 4) is 0 Å². The number of amides is 3. The summed E-state index contributed by atoms with van der Waals surface area (Å²) in [5.74, 6) is -1.62. The summed E-state index contributed by atoms with van der Waals surface area (Å²) in [6, 6.07) is 9.86. The molecule has 0 unspecified atom stereocenters. The number of rotatable bonds is 14. The Bertz CT molecular complexity index is 636. The first kappa shape index (κ1) is 24.6. The van der Waals surface area contributed by atoms with Gasteiger partial charge in [0.05, 0.1) is 12.5 Å². The van der Waals surface area contributed by atoms with E-state index < -0.39 is 17.7 Å². The number of nitrogens with zero attached hydrogens (tertiary/aromatic N) is 1. The highest BCUT2D eigenvalue weighted by molar-refractivity contribution is 5.86. The minimum absolute atomic E-state index is 0.0974. The normalized spacial score (nSPS) is 12.8. The Balaban J connectivity index is 2.72. The molecule has 0 fully saturated rings. The lowest BCUT2D eigenvalue weighted by Gasteiger charge is -2.22. The fourth-order valence-corrected chi connectivity index (χ4v) is 2.96. The molecule has 1 rings (SSSR count). The van der Waals surface area contributed by atoms with E-state index in [1.807, 2.05) is 44.2 Å². The number of hydrogen-bond acceptors (Lipinski definition) is 4. The molecule has 0 saturated carbocycles. The molecule has 0 heterocycles. The van der Waals surface area contributed by atoms with Gasteiger partial charge in [-0.15, -0.1) is 0 Å². The van der Waals surface area contributed by atoms with Crippen molar-refractivity contribution in [3.63, 3.8) is 0 Å². The summed E-state index contributed by atoms with van der Waals surface area (Å²) < 4.78 is 5.29. The van der Waals surface area contributed by atoms with E-state index in [4.69, 9.17) is 10.5 Å². The molecule has 1 aromatic carbocycles. The molecule has 162 valence electrons. The summed E-state index contributed by atoms with van der Waals surface area (Å²) in [7, 11) is 1.72. The van der Waals surface area contributed by atoms with E-state index in [0.29, 0.717) is 39.0 Å². The van der Waals surface area contributed by atoms with Crippen LogP contribution < -0.4 is 11.1 Å². The minimum atomic E-state index is -0.470. The summed E-state index contributed by atoms with van der Waals surface area (Å²) in [5, 5.41) is 2.81. The van der Waals surface area contributed by atoms with Gasteiger partial charge in [0, 0.05) is 39.1 Å². The zero-order valence-corrected chi connectivity index (χ0v) is 17.9. The molecule has 0 aromatic heterocycles. The number of benzene rings is 1. The monoisotopic (exact) mass is 405 g/mol. The van der Waals surface area contributed by atoms with Crippen LogP contribution in [0.1, 0.15) is 38.7 Å². The molecule has 0 spiro atoms. The molecule has 7 heteroatoms. The lowest BCUT2D eigenvalue weighted by atomic mass is 9.94. The van der Waals surface area contributed by atoms with Gasteiger partial charge in [0.15, 0.2) is 0 Å². The van der Waals surface area contributed by atoms with E-state index in [0.717, 1.165) is 5.56 Å². The van der Waals surface area contributed by atoms with Crippen LogP contribution in [0.3, 0.4) is 0 Å². The van der Waals surface area contributed by atoms with Gasteiger partial charge in [-0.2, -0.15) is 0 Å². The smallest absolute Gasteiger partial charge is 0.223 e. The van der Waals surface area contributed by atoms with Crippen LogP contribution in [0.4, 0.5) is 0 Å². The summed E-state index contributed by atoms with van der Waals surface area (Å²) in [6.45, 7) is 5.51. The van der Waals surface area contributed by atoms with E-state index in [2.05, 4.69) is 5.32 Å². The van der Waals surface area contributed by atoms with Crippen LogP contribution in [0, 0.1) is 11.8 Å². The third kappa shape index (κ3) is 9.56. The summed E-state index contributed by atoms with van der Waals surface area (Å²) >= 11 is 0. The second-order valence-electron chi connectivity index (χ2n) is 7.19. The fourth-order valence-electron chi connectivity index (χ4n) is 2.96. The Kier molecular flexibility index (Phi) is 11.6. The SMILES string of the molecule is CCOCCN(C)C(=O)C[C@@H](CCc1ccccc1)C(=O)NC[C@@H](CC)C(N)=O. The Morgan fingerprint density at radius 3 is 2.41 bits per heavy atom. The van der Waals surface area contributed by atoms with Gasteiger partial charge in [-0.25, -0.2) is 0 Å². The highest BCUT2D eigenvalue weighted by Crippen LogP contribution is 2.16. The molecule has 7 nitrogen and oxygen atoms in total. The maximum atomic E-state index is 12.8. The van der Waals surface area contributed by atoms with Crippen molar-refractivity contribution < 1.29 is 19.1 Å². The second kappa shape index (κ2) is 13.7. The van der Waals surface area contributed by atoms with Gasteiger partial charge in [0.1, 0.15) is 0 Å².